The largest absolute Gasteiger partial charge is 0.331 e. The van der Waals surface area contributed by atoms with Gasteiger partial charge in [0, 0.05) is 26.3 Å². The first-order valence-electron chi connectivity index (χ1n) is 4.51. The topological polar surface area (TPSA) is 58.4 Å². The quantitative estimate of drug-likeness (QED) is 0.776. The first-order valence-corrected chi connectivity index (χ1v) is 4.51. The number of amides is 2. The maximum absolute atomic E-state index is 12.9. The molecule has 2 amide bonds. The number of hydrogen-bond acceptors (Lipinski definition) is 2. The highest BCUT2D eigenvalue weighted by Crippen LogP contribution is 2.16. The van der Waals surface area contributed by atoms with Gasteiger partial charge in [-0.05, 0) is 23.8 Å². The number of carbonyl (C=O) groups excluding carboxylic acids is 1. The van der Waals surface area contributed by atoms with Crippen molar-refractivity contribution in [3.8, 4) is 0 Å². The Morgan fingerprint density at radius 2 is 2.20 bits per heavy atom. The smallest absolute Gasteiger partial charge is 0.321 e. The predicted molar refractivity (Wildman–Crippen MR) is 57.0 cm³/mol. The number of benzene rings is 1. The lowest BCUT2D eigenvalue weighted by Gasteiger charge is -2.14. The van der Waals surface area contributed by atoms with Gasteiger partial charge >= 0.3 is 6.03 Å². The van der Waals surface area contributed by atoms with E-state index < -0.39 is 0 Å². The Bertz CT molecular complexity index is 366. The molecule has 0 bridgehead atoms. The highest BCUT2D eigenvalue weighted by molar-refractivity contribution is 5.89. The van der Waals surface area contributed by atoms with Gasteiger partial charge in [-0.15, -0.1) is 0 Å². The number of urea groups is 1. The zero-order valence-electron chi connectivity index (χ0n) is 8.75. The van der Waals surface area contributed by atoms with E-state index in [-0.39, 0.29) is 18.4 Å². The fourth-order valence-corrected chi connectivity index (χ4v) is 1.08. The van der Waals surface area contributed by atoms with Gasteiger partial charge in [0.05, 0.1) is 0 Å². The second-order valence-corrected chi connectivity index (χ2v) is 3.33. The molecule has 0 fully saturated rings. The van der Waals surface area contributed by atoms with E-state index in [4.69, 9.17) is 5.73 Å². The predicted octanol–water partition coefficient (Wildman–Crippen LogP) is 1.38. The number of carbonyl (C=O) groups is 1. The zero-order valence-corrected chi connectivity index (χ0v) is 8.75. The van der Waals surface area contributed by atoms with Crippen LogP contribution in [-0.4, -0.2) is 25.0 Å². The van der Waals surface area contributed by atoms with Gasteiger partial charge in [0.1, 0.15) is 5.82 Å². The second-order valence-electron chi connectivity index (χ2n) is 3.33. The minimum absolute atomic E-state index is 0.181. The fourth-order valence-electron chi connectivity index (χ4n) is 1.08. The van der Waals surface area contributed by atoms with E-state index in [1.165, 1.54) is 23.1 Å². The van der Waals surface area contributed by atoms with Crippen LogP contribution in [0, 0.1) is 5.82 Å². The Kier molecular flexibility index (Phi) is 3.62. The molecule has 0 saturated heterocycles. The summed E-state index contributed by atoms with van der Waals surface area (Å²) >= 11 is 0. The molecule has 0 aliphatic rings. The highest BCUT2D eigenvalue weighted by Gasteiger charge is 2.07. The van der Waals surface area contributed by atoms with Crippen molar-refractivity contribution in [3.05, 3.63) is 29.6 Å². The van der Waals surface area contributed by atoms with Crippen molar-refractivity contribution in [1.82, 2.24) is 4.90 Å². The van der Waals surface area contributed by atoms with Gasteiger partial charge in [0.25, 0.3) is 0 Å². The highest BCUT2D eigenvalue weighted by atomic mass is 19.1. The maximum atomic E-state index is 12.9. The minimum Gasteiger partial charge on any atom is -0.331 e. The molecule has 0 atom stereocenters. The Balaban J connectivity index is 2.89. The fraction of sp³-hybridized carbons (Fsp3) is 0.300. The molecular formula is C10H14FN3O. The van der Waals surface area contributed by atoms with Crippen LogP contribution in [0.15, 0.2) is 18.2 Å². The van der Waals surface area contributed by atoms with Crippen molar-refractivity contribution < 1.29 is 9.18 Å². The van der Waals surface area contributed by atoms with E-state index in [0.717, 1.165) is 0 Å². The molecule has 0 aliphatic heterocycles. The normalized spacial score (nSPS) is 9.87. The molecule has 1 rings (SSSR count). The molecule has 3 N–H and O–H groups in total. The van der Waals surface area contributed by atoms with Crippen LogP contribution in [0.5, 0.6) is 0 Å². The van der Waals surface area contributed by atoms with Gasteiger partial charge in [-0.3, -0.25) is 0 Å². The van der Waals surface area contributed by atoms with Gasteiger partial charge < -0.3 is 16.0 Å². The molecule has 15 heavy (non-hydrogen) atoms. The molecule has 0 spiro atoms. The first kappa shape index (κ1) is 11.5. The van der Waals surface area contributed by atoms with Crippen molar-refractivity contribution in [2.75, 3.05) is 19.4 Å². The molecule has 82 valence electrons. The Morgan fingerprint density at radius 1 is 1.53 bits per heavy atom. The maximum Gasteiger partial charge on any atom is 0.321 e. The molecule has 0 aliphatic carbocycles. The van der Waals surface area contributed by atoms with E-state index in [1.54, 1.807) is 14.1 Å². The van der Waals surface area contributed by atoms with E-state index in [1.807, 2.05) is 0 Å². The molecule has 0 heterocycles. The lowest BCUT2D eigenvalue weighted by molar-refractivity contribution is 0.230. The van der Waals surface area contributed by atoms with Crippen LogP contribution in [0.25, 0.3) is 0 Å². The Labute approximate surface area is 87.9 Å². The van der Waals surface area contributed by atoms with Crippen LogP contribution in [0.4, 0.5) is 14.9 Å². The Morgan fingerprint density at radius 3 is 2.73 bits per heavy atom. The van der Waals surface area contributed by atoms with Crippen LogP contribution in [0.3, 0.4) is 0 Å². The summed E-state index contributed by atoms with van der Waals surface area (Å²) in [6.45, 7) is 0.181. The number of anilines is 1. The van der Waals surface area contributed by atoms with Gasteiger partial charge in [0.15, 0.2) is 0 Å². The summed E-state index contributed by atoms with van der Waals surface area (Å²) in [6, 6.07) is 3.82. The lowest BCUT2D eigenvalue weighted by Crippen LogP contribution is -2.28. The molecule has 0 saturated carbocycles. The summed E-state index contributed by atoms with van der Waals surface area (Å²) in [5.41, 5.74) is 6.55. The third kappa shape index (κ3) is 2.92. The zero-order chi connectivity index (χ0) is 11.4. The van der Waals surface area contributed by atoms with Gasteiger partial charge in [-0.1, -0.05) is 0 Å². The van der Waals surface area contributed by atoms with E-state index in [0.29, 0.717) is 11.3 Å². The molecule has 0 unspecified atom stereocenters. The molecule has 5 heteroatoms. The van der Waals surface area contributed by atoms with E-state index in [2.05, 4.69) is 5.32 Å². The number of hydrogen-bond donors (Lipinski definition) is 2. The average molecular weight is 211 g/mol. The first-order chi connectivity index (χ1) is 7.04. The third-order valence-corrected chi connectivity index (χ3v) is 1.93. The summed E-state index contributed by atoms with van der Waals surface area (Å²) in [5.74, 6) is -0.363. The minimum atomic E-state index is -0.363. The lowest BCUT2D eigenvalue weighted by atomic mass is 10.1. The van der Waals surface area contributed by atoms with Crippen LogP contribution in [0.1, 0.15) is 5.56 Å². The summed E-state index contributed by atoms with van der Waals surface area (Å²) in [6.07, 6.45) is 0. The standard InChI is InChI=1S/C10H14FN3O/c1-14(2)10(15)13-9-4-3-8(11)5-7(9)6-12/h3-5H,6,12H2,1-2H3,(H,13,15). The van der Waals surface area contributed by atoms with E-state index >= 15 is 0 Å². The van der Waals surface area contributed by atoms with Crippen molar-refractivity contribution in [1.29, 1.82) is 0 Å². The molecule has 4 nitrogen and oxygen atoms in total. The number of nitrogens with two attached hydrogens (primary N) is 1. The SMILES string of the molecule is CN(C)C(=O)Nc1ccc(F)cc1CN. The van der Waals surface area contributed by atoms with Crippen molar-refractivity contribution in [3.63, 3.8) is 0 Å². The van der Waals surface area contributed by atoms with Crippen LogP contribution in [0.2, 0.25) is 0 Å². The van der Waals surface area contributed by atoms with Crippen molar-refractivity contribution in [2.24, 2.45) is 5.73 Å². The summed E-state index contributed by atoms with van der Waals surface area (Å²) < 4.78 is 12.9. The molecule has 1 aromatic carbocycles. The Hall–Kier alpha value is -1.62. The van der Waals surface area contributed by atoms with E-state index in [9.17, 15) is 9.18 Å². The summed E-state index contributed by atoms with van der Waals surface area (Å²) in [5, 5.41) is 2.63. The summed E-state index contributed by atoms with van der Waals surface area (Å²) in [4.78, 5) is 12.7. The van der Waals surface area contributed by atoms with Crippen LogP contribution in [-0.2, 0) is 6.54 Å². The number of nitrogens with zero attached hydrogens (tertiary/aromatic N) is 1. The summed E-state index contributed by atoms with van der Waals surface area (Å²) in [7, 11) is 3.25. The third-order valence-electron chi connectivity index (χ3n) is 1.93. The molecular weight excluding hydrogens is 197 g/mol. The number of rotatable bonds is 2. The van der Waals surface area contributed by atoms with Gasteiger partial charge in [0.2, 0.25) is 0 Å². The second kappa shape index (κ2) is 4.75. The number of nitrogens with one attached hydrogen (secondary N) is 1. The molecule has 0 aromatic heterocycles. The monoisotopic (exact) mass is 211 g/mol. The van der Waals surface area contributed by atoms with Crippen LogP contribution >= 0.6 is 0 Å². The molecule has 0 radical (unpaired) electrons. The molecule has 1 aromatic rings. The average Bonchev–Trinajstić information content (AvgIpc) is 2.20. The van der Waals surface area contributed by atoms with Crippen molar-refractivity contribution >= 4 is 11.7 Å². The van der Waals surface area contributed by atoms with Crippen molar-refractivity contribution in [2.45, 2.75) is 6.54 Å². The number of halogens is 1. The van der Waals surface area contributed by atoms with Gasteiger partial charge in [-0.2, -0.15) is 0 Å². The van der Waals surface area contributed by atoms with Gasteiger partial charge in [-0.25, -0.2) is 9.18 Å². The van der Waals surface area contributed by atoms with Crippen LogP contribution < -0.4 is 11.1 Å².